The van der Waals surface area contributed by atoms with Gasteiger partial charge in [0.05, 0.1) is 13.2 Å². The zero-order chi connectivity index (χ0) is 33.6. The van der Waals surface area contributed by atoms with Crippen molar-refractivity contribution in [1.82, 2.24) is 26.6 Å². The number of carbonyl (C=O) groups is 5. The first-order valence-corrected chi connectivity index (χ1v) is 15.2. The van der Waals surface area contributed by atoms with Crippen molar-refractivity contribution >= 4 is 29.7 Å². The lowest BCUT2D eigenvalue weighted by atomic mass is 10.0. The molecule has 0 bridgehead atoms. The number of nitrogens with one attached hydrogen (secondary N) is 5. The Morgan fingerprint density at radius 1 is 1.02 bits per heavy atom. The Bertz CT molecular complexity index is 1420. The quantitative estimate of drug-likeness (QED) is 0.251. The van der Waals surface area contributed by atoms with Crippen LogP contribution in [0, 0.1) is 17.6 Å². The zero-order valence-corrected chi connectivity index (χ0v) is 26.1. The molecule has 5 amide bonds. The zero-order valence-electron chi connectivity index (χ0n) is 26.1. The summed E-state index contributed by atoms with van der Waals surface area (Å²) in [5.41, 5.74) is 0.727. The standard InChI is InChI=1S/C33H41F2N5O6/c1-20(2)29(32(44)46-3)40-33(45)39-27(19-22-10-4-5-12-25(22)35)31(43)38-26-13-6-7-16-36-28(41)15-14-24(37-30(26)42)18-21-9-8-11-23(34)17-21/h4-5,8-12,14-15,17,20,24,26-27,29H,6-7,13,16,18-19H2,1-3H3,(H,36,41)(H,37,42)(H,38,43)(H2,39,40,45)/b15-14+/t24-,26+,27?,29?/m1/s1. The van der Waals surface area contributed by atoms with Crippen LogP contribution in [0.3, 0.4) is 0 Å². The average molecular weight is 642 g/mol. The van der Waals surface area contributed by atoms with Gasteiger partial charge in [0.1, 0.15) is 29.8 Å². The molecule has 0 saturated carbocycles. The van der Waals surface area contributed by atoms with Crippen LogP contribution in [0.5, 0.6) is 0 Å². The third-order valence-electron chi connectivity index (χ3n) is 7.42. The van der Waals surface area contributed by atoms with Crippen molar-refractivity contribution in [3.8, 4) is 0 Å². The Kier molecular flexibility index (Phi) is 13.7. The van der Waals surface area contributed by atoms with E-state index in [1.54, 1.807) is 26.0 Å². The maximum atomic E-state index is 14.6. The van der Waals surface area contributed by atoms with Crippen LogP contribution in [-0.2, 0) is 36.8 Å². The fourth-order valence-electron chi connectivity index (χ4n) is 4.92. The monoisotopic (exact) mass is 641 g/mol. The van der Waals surface area contributed by atoms with E-state index in [2.05, 4.69) is 26.6 Å². The molecule has 0 fully saturated rings. The molecule has 0 saturated heterocycles. The van der Waals surface area contributed by atoms with E-state index in [9.17, 15) is 32.8 Å². The van der Waals surface area contributed by atoms with Crippen molar-refractivity contribution in [3.05, 3.63) is 83.4 Å². The third-order valence-corrected chi connectivity index (χ3v) is 7.42. The topological polar surface area (TPSA) is 155 Å². The fourth-order valence-corrected chi connectivity index (χ4v) is 4.92. The highest BCUT2D eigenvalue weighted by atomic mass is 19.1. The first-order chi connectivity index (χ1) is 22.0. The van der Waals surface area contributed by atoms with Crippen LogP contribution in [0.1, 0.15) is 44.2 Å². The molecule has 248 valence electrons. The van der Waals surface area contributed by atoms with Gasteiger partial charge in [-0.3, -0.25) is 14.4 Å². The van der Waals surface area contributed by atoms with Crippen LogP contribution in [0.15, 0.2) is 60.7 Å². The smallest absolute Gasteiger partial charge is 0.328 e. The van der Waals surface area contributed by atoms with Crippen LogP contribution >= 0.6 is 0 Å². The molecule has 0 spiro atoms. The lowest BCUT2D eigenvalue weighted by molar-refractivity contribution is -0.144. The van der Waals surface area contributed by atoms with Gasteiger partial charge in [0.15, 0.2) is 0 Å². The van der Waals surface area contributed by atoms with Crippen molar-refractivity contribution in [2.45, 2.75) is 70.1 Å². The summed E-state index contributed by atoms with van der Waals surface area (Å²) in [5.74, 6) is -3.70. The van der Waals surface area contributed by atoms with Gasteiger partial charge in [-0.2, -0.15) is 0 Å². The molecule has 2 aromatic carbocycles. The number of urea groups is 1. The summed E-state index contributed by atoms with van der Waals surface area (Å²) >= 11 is 0. The van der Waals surface area contributed by atoms with Crippen molar-refractivity contribution in [2.75, 3.05) is 13.7 Å². The molecule has 11 nitrogen and oxygen atoms in total. The normalized spacial score (nSPS) is 19.3. The second-order valence-electron chi connectivity index (χ2n) is 11.4. The van der Waals surface area contributed by atoms with E-state index in [1.807, 2.05) is 0 Å². The van der Waals surface area contributed by atoms with Gasteiger partial charge in [0, 0.05) is 19.0 Å². The van der Waals surface area contributed by atoms with E-state index in [1.165, 1.54) is 55.7 Å². The van der Waals surface area contributed by atoms with Gasteiger partial charge >= 0.3 is 12.0 Å². The maximum Gasteiger partial charge on any atom is 0.328 e. The number of halogens is 2. The van der Waals surface area contributed by atoms with E-state index >= 15 is 0 Å². The number of esters is 1. The summed E-state index contributed by atoms with van der Waals surface area (Å²) in [7, 11) is 1.19. The highest BCUT2D eigenvalue weighted by Crippen LogP contribution is 2.13. The van der Waals surface area contributed by atoms with E-state index in [0.29, 0.717) is 24.9 Å². The number of hydrogen-bond donors (Lipinski definition) is 5. The molecule has 46 heavy (non-hydrogen) atoms. The molecule has 1 heterocycles. The Balaban J connectivity index is 1.83. The lowest BCUT2D eigenvalue weighted by Crippen LogP contribution is -2.58. The Morgan fingerprint density at radius 2 is 1.78 bits per heavy atom. The second-order valence-corrected chi connectivity index (χ2v) is 11.4. The first kappa shape index (κ1) is 35.7. The Labute approximate surface area is 266 Å². The molecular weight excluding hydrogens is 600 g/mol. The minimum atomic E-state index is -1.33. The van der Waals surface area contributed by atoms with Gasteiger partial charge < -0.3 is 31.3 Å². The molecule has 13 heteroatoms. The number of benzene rings is 2. The molecule has 2 aromatic rings. The van der Waals surface area contributed by atoms with Crippen LogP contribution in [0.25, 0.3) is 0 Å². The van der Waals surface area contributed by atoms with E-state index < -0.39 is 59.6 Å². The maximum absolute atomic E-state index is 14.6. The average Bonchev–Trinajstić information content (AvgIpc) is 3.01. The minimum Gasteiger partial charge on any atom is -0.467 e. The van der Waals surface area contributed by atoms with E-state index in [-0.39, 0.29) is 36.7 Å². The summed E-state index contributed by atoms with van der Waals surface area (Å²) in [4.78, 5) is 64.6. The second kappa shape index (κ2) is 17.6. The molecular formula is C33H41F2N5O6. The number of ether oxygens (including phenoxy) is 1. The van der Waals surface area contributed by atoms with Crippen molar-refractivity contribution in [1.29, 1.82) is 0 Å². The molecule has 1 aliphatic rings. The van der Waals surface area contributed by atoms with Crippen LogP contribution in [0.4, 0.5) is 13.6 Å². The summed E-state index contributed by atoms with van der Waals surface area (Å²) in [5, 5.41) is 13.3. The molecule has 1 aliphatic heterocycles. The molecule has 0 radical (unpaired) electrons. The van der Waals surface area contributed by atoms with Gasteiger partial charge in [-0.1, -0.05) is 50.3 Å². The van der Waals surface area contributed by atoms with Crippen molar-refractivity contribution < 1.29 is 37.5 Å². The number of carbonyl (C=O) groups excluding carboxylic acids is 5. The molecule has 0 aromatic heterocycles. The summed E-state index contributed by atoms with van der Waals surface area (Å²) in [6.45, 7) is 3.75. The molecule has 2 unspecified atom stereocenters. The molecule has 0 aliphatic carbocycles. The van der Waals surface area contributed by atoms with Gasteiger partial charge in [0.2, 0.25) is 17.7 Å². The molecule has 3 rings (SSSR count). The van der Waals surface area contributed by atoms with Crippen molar-refractivity contribution in [3.63, 3.8) is 0 Å². The van der Waals surface area contributed by atoms with Gasteiger partial charge in [-0.25, -0.2) is 18.4 Å². The SMILES string of the molecule is COC(=O)C(NC(=O)NC(Cc1ccccc1F)C(=O)N[C@H]1CCCCNC(=O)/C=C/[C@H](Cc2cccc(F)c2)NC1=O)C(C)C. The van der Waals surface area contributed by atoms with Crippen molar-refractivity contribution in [2.24, 2.45) is 5.92 Å². The van der Waals surface area contributed by atoms with Gasteiger partial charge in [-0.05, 0) is 60.9 Å². The third kappa shape index (κ3) is 11.3. The number of rotatable bonds is 10. The van der Waals surface area contributed by atoms with Crippen LogP contribution in [-0.4, -0.2) is 67.5 Å². The number of hydrogen-bond acceptors (Lipinski definition) is 6. The Hall–Kier alpha value is -4.81. The predicted molar refractivity (Wildman–Crippen MR) is 166 cm³/mol. The summed E-state index contributed by atoms with van der Waals surface area (Å²) < 4.78 is 33.2. The molecule has 4 atom stereocenters. The van der Waals surface area contributed by atoms with E-state index in [4.69, 9.17) is 4.74 Å². The number of methoxy groups -OCH3 is 1. The van der Waals surface area contributed by atoms with Crippen LogP contribution < -0.4 is 26.6 Å². The molecule has 5 N–H and O–H groups in total. The predicted octanol–water partition coefficient (Wildman–Crippen LogP) is 2.44. The lowest BCUT2D eigenvalue weighted by Gasteiger charge is -2.26. The first-order valence-electron chi connectivity index (χ1n) is 15.2. The van der Waals surface area contributed by atoms with Gasteiger partial charge in [-0.15, -0.1) is 0 Å². The van der Waals surface area contributed by atoms with Gasteiger partial charge in [0.25, 0.3) is 0 Å². The summed E-state index contributed by atoms with van der Waals surface area (Å²) in [6, 6.07) is 6.63. The summed E-state index contributed by atoms with van der Waals surface area (Å²) in [6.07, 6.45) is 3.89. The Morgan fingerprint density at radius 3 is 2.48 bits per heavy atom. The van der Waals surface area contributed by atoms with Crippen LogP contribution in [0.2, 0.25) is 0 Å². The largest absolute Gasteiger partial charge is 0.467 e. The highest BCUT2D eigenvalue weighted by Gasteiger charge is 2.31. The van der Waals surface area contributed by atoms with E-state index in [0.717, 1.165) is 0 Å². The number of amides is 5. The fraction of sp³-hybridized carbons (Fsp3) is 0.424. The highest BCUT2D eigenvalue weighted by molar-refractivity contribution is 5.93. The minimum absolute atomic E-state index is 0.149.